The molecule has 0 bridgehead atoms. The van der Waals surface area contributed by atoms with Crippen LogP contribution >= 0.6 is 0 Å². The van der Waals surface area contributed by atoms with E-state index in [9.17, 15) is 5.11 Å². The molecule has 96 valence electrons. The molecule has 0 saturated heterocycles. The van der Waals surface area contributed by atoms with Crippen LogP contribution in [0.2, 0.25) is 0 Å². The van der Waals surface area contributed by atoms with E-state index in [0.29, 0.717) is 6.54 Å². The molecule has 2 aromatic rings. The molecule has 0 aromatic carbocycles. The summed E-state index contributed by atoms with van der Waals surface area (Å²) < 4.78 is 2.00. The summed E-state index contributed by atoms with van der Waals surface area (Å²) in [5, 5.41) is 10.4. The van der Waals surface area contributed by atoms with Crippen LogP contribution in [0.4, 0.5) is 0 Å². The third kappa shape index (κ3) is 2.59. The minimum absolute atomic E-state index is 0.567. The monoisotopic (exact) mass is 245 g/mol. The minimum Gasteiger partial charge on any atom is -0.388 e. The number of aliphatic hydroxyl groups is 1. The van der Waals surface area contributed by atoms with Crippen molar-refractivity contribution in [3.05, 3.63) is 36.9 Å². The summed E-state index contributed by atoms with van der Waals surface area (Å²) in [7, 11) is 0. The summed E-state index contributed by atoms with van der Waals surface area (Å²) in [6.07, 6.45) is 8.64. The molecule has 0 fully saturated rings. The maximum absolute atomic E-state index is 10.4. The second-order valence-corrected chi connectivity index (χ2v) is 4.55. The van der Waals surface area contributed by atoms with Crippen LogP contribution in [0, 0.1) is 0 Å². The van der Waals surface area contributed by atoms with E-state index in [4.69, 9.17) is 0 Å². The number of pyridine rings is 1. The standard InChI is InChI=1S/C14H19N3O/c1-3-14(18,4-2)11-17-10-9-16-13(17)12-5-7-15-8-6-12/h5-10,18H,3-4,11H2,1-2H3. The van der Waals surface area contributed by atoms with Gasteiger partial charge in [-0.05, 0) is 25.0 Å². The number of nitrogens with zero attached hydrogens (tertiary/aromatic N) is 3. The third-order valence-corrected chi connectivity index (χ3v) is 3.43. The summed E-state index contributed by atoms with van der Waals surface area (Å²) in [5.74, 6) is 0.873. The van der Waals surface area contributed by atoms with Crippen molar-refractivity contribution >= 4 is 0 Å². The van der Waals surface area contributed by atoms with Gasteiger partial charge in [-0.15, -0.1) is 0 Å². The number of hydrogen-bond donors (Lipinski definition) is 1. The van der Waals surface area contributed by atoms with Gasteiger partial charge >= 0.3 is 0 Å². The Bertz CT molecular complexity index is 489. The molecule has 2 aromatic heterocycles. The van der Waals surface area contributed by atoms with Gasteiger partial charge in [0.2, 0.25) is 0 Å². The number of imidazole rings is 1. The van der Waals surface area contributed by atoms with Crippen LogP contribution in [0.1, 0.15) is 26.7 Å². The normalized spacial score (nSPS) is 11.7. The molecule has 2 rings (SSSR count). The Morgan fingerprint density at radius 3 is 2.44 bits per heavy atom. The lowest BCUT2D eigenvalue weighted by atomic mass is 9.97. The fraction of sp³-hybridized carbons (Fsp3) is 0.429. The first kappa shape index (κ1) is 12.8. The van der Waals surface area contributed by atoms with E-state index in [0.717, 1.165) is 24.2 Å². The zero-order valence-corrected chi connectivity index (χ0v) is 10.9. The van der Waals surface area contributed by atoms with Crippen molar-refractivity contribution in [2.75, 3.05) is 0 Å². The average molecular weight is 245 g/mol. The molecule has 0 saturated carbocycles. The molecule has 4 heteroatoms. The van der Waals surface area contributed by atoms with Gasteiger partial charge in [-0.2, -0.15) is 0 Å². The quantitative estimate of drug-likeness (QED) is 0.880. The smallest absolute Gasteiger partial charge is 0.140 e. The highest BCUT2D eigenvalue weighted by Crippen LogP contribution is 2.22. The summed E-state index contributed by atoms with van der Waals surface area (Å²) >= 11 is 0. The summed E-state index contributed by atoms with van der Waals surface area (Å²) in [6.45, 7) is 4.58. The Balaban J connectivity index is 2.29. The molecule has 18 heavy (non-hydrogen) atoms. The van der Waals surface area contributed by atoms with Gasteiger partial charge in [0.25, 0.3) is 0 Å². The molecular formula is C14H19N3O. The predicted octanol–water partition coefficient (Wildman–Crippen LogP) is 2.50. The van der Waals surface area contributed by atoms with Crippen LogP contribution in [-0.2, 0) is 6.54 Å². The van der Waals surface area contributed by atoms with E-state index in [1.807, 2.05) is 36.7 Å². The molecule has 0 aliphatic carbocycles. The van der Waals surface area contributed by atoms with Crippen molar-refractivity contribution in [2.45, 2.75) is 38.8 Å². The van der Waals surface area contributed by atoms with Crippen LogP contribution in [0.3, 0.4) is 0 Å². The van der Waals surface area contributed by atoms with E-state index in [2.05, 4.69) is 9.97 Å². The molecule has 0 aliphatic heterocycles. The average Bonchev–Trinajstić information content (AvgIpc) is 2.87. The maximum atomic E-state index is 10.4. The van der Waals surface area contributed by atoms with E-state index in [1.54, 1.807) is 18.6 Å². The third-order valence-electron chi connectivity index (χ3n) is 3.43. The van der Waals surface area contributed by atoms with Crippen LogP contribution in [0.15, 0.2) is 36.9 Å². The first-order valence-corrected chi connectivity index (χ1v) is 6.32. The Hall–Kier alpha value is -1.68. The largest absolute Gasteiger partial charge is 0.388 e. The van der Waals surface area contributed by atoms with Crippen molar-refractivity contribution in [3.63, 3.8) is 0 Å². The molecule has 0 unspecified atom stereocenters. The fourth-order valence-corrected chi connectivity index (χ4v) is 1.99. The van der Waals surface area contributed by atoms with Crippen LogP contribution < -0.4 is 0 Å². The highest BCUT2D eigenvalue weighted by molar-refractivity contribution is 5.54. The van der Waals surface area contributed by atoms with Gasteiger partial charge in [0, 0.05) is 30.4 Å². The van der Waals surface area contributed by atoms with Crippen molar-refractivity contribution < 1.29 is 5.11 Å². The van der Waals surface area contributed by atoms with Crippen molar-refractivity contribution in [2.24, 2.45) is 0 Å². The second-order valence-electron chi connectivity index (χ2n) is 4.55. The number of rotatable bonds is 5. The highest BCUT2D eigenvalue weighted by atomic mass is 16.3. The molecule has 2 heterocycles. The van der Waals surface area contributed by atoms with E-state index in [1.165, 1.54) is 0 Å². The predicted molar refractivity (Wildman–Crippen MR) is 71.0 cm³/mol. The molecule has 0 aliphatic rings. The van der Waals surface area contributed by atoms with Gasteiger partial charge in [-0.25, -0.2) is 4.98 Å². The van der Waals surface area contributed by atoms with Crippen molar-refractivity contribution in [1.82, 2.24) is 14.5 Å². The van der Waals surface area contributed by atoms with E-state index >= 15 is 0 Å². The second kappa shape index (κ2) is 5.31. The fourth-order valence-electron chi connectivity index (χ4n) is 1.99. The SMILES string of the molecule is CCC(O)(CC)Cn1ccnc1-c1ccncc1. The lowest BCUT2D eigenvalue weighted by Gasteiger charge is -2.26. The lowest BCUT2D eigenvalue weighted by molar-refractivity contribution is 0.0155. The number of hydrogen-bond acceptors (Lipinski definition) is 3. The number of aromatic nitrogens is 3. The van der Waals surface area contributed by atoms with Crippen LogP contribution in [0.25, 0.3) is 11.4 Å². The van der Waals surface area contributed by atoms with Gasteiger partial charge < -0.3 is 9.67 Å². The summed E-state index contributed by atoms with van der Waals surface area (Å²) in [5.41, 5.74) is 0.354. The van der Waals surface area contributed by atoms with E-state index < -0.39 is 5.60 Å². The lowest BCUT2D eigenvalue weighted by Crippen LogP contribution is -2.32. The van der Waals surface area contributed by atoms with Crippen LogP contribution in [0.5, 0.6) is 0 Å². The Kier molecular flexibility index (Phi) is 3.77. The topological polar surface area (TPSA) is 50.9 Å². The van der Waals surface area contributed by atoms with Crippen molar-refractivity contribution in [1.29, 1.82) is 0 Å². The highest BCUT2D eigenvalue weighted by Gasteiger charge is 2.23. The van der Waals surface area contributed by atoms with Gasteiger partial charge in [-0.3, -0.25) is 4.98 Å². The van der Waals surface area contributed by atoms with Gasteiger partial charge in [0.05, 0.1) is 12.1 Å². The van der Waals surface area contributed by atoms with Gasteiger partial charge in [0.1, 0.15) is 5.82 Å². The summed E-state index contributed by atoms with van der Waals surface area (Å²) in [4.78, 5) is 8.37. The molecule has 0 radical (unpaired) electrons. The van der Waals surface area contributed by atoms with Crippen molar-refractivity contribution in [3.8, 4) is 11.4 Å². The molecule has 1 N–H and O–H groups in total. The van der Waals surface area contributed by atoms with Crippen LogP contribution in [-0.4, -0.2) is 25.2 Å². The maximum Gasteiger partial charge on any atom is 0.140 e. The zero-order valence-electron chi connectivity index (χ0n) is 10.9. The minimum atomic E-state index is -0.664. The Morgan fingerprint density at radius 2 is 1.83 bits per heavy atom. The Labute approximate surface area is 107 Å². The molecule has 4 nitrogen and oxygen atoms in total. The zero-order chi connectivity index (χ0) is 13.0. The molecule has 0 spiro atoms. The van der Waals surface area contributed by atoms with Gasteiger partial charge in [-0.1, -0.05) is 13.8 Å². The molecule has 0 amide bonds. The first-order valence-electron chi connectivity index (χ1n) is 6.32. The summed E-state index contributed by atoms with van der Waals surface area (Å²) in [6, 6.07) is 3.85. The van der Waals surface area contributed by atoms with Gasteiger partial charge in [0.15, 0.2) is 0 Å². The molecule has 0 atom stereocenters. The Morgan fingerprint density at radius 1 is 1.17 bits per heavy atom. The first-order chi connectivity index (χ1) is 8.68. The molecular weight excluding hydrogens is 226 g/mol. The van der Waals surface area contributed by atoms with E-state index in [-0.39, 0.29) is 0 Å².